The number of nitrogens with zero attached hydrogens (tertiary/aromatic N) is 2. The highest BCUT2D eigenvalue weighted by atomic mass is 16.3. The van der Waals surface area contributed by atoms with Gasteiger partial charge in [0.25, 0.3) is 0 Å². The number of H-pyrrole nitrogens is 1. The maximum absolute atomic E-state index is 9.27. The molecule has 4 nitrogen and oxygen atoms in total. The summed E-state index contributed by atoms with van der Waals surface area (Å²) in [5.41, 5.74) is 0. The molecule has 0 radical (unpaired) electrons. The van der Waals surface area contributed by atoms with Gasteiger partial charge in [0.2, 0.25) is 5.95 Å². The summed E-state index contributed by atoms with van der Waals surface area (Å²) in [4.78, 5) is 9.37. The van der Waals surface area contributed by atoms with E-state index in [0.717, 1.165) is 31.9 Å². The lowest BCUT2D eigenvalue weighted by Crippen LogP contribution is -2.36. The van der Waals surface area contributed by atoms with E-state index >= 15 is 0 Å². The average molecular weight is 167 g/mol. The van der Waals surface area contributed by atoms with Crippen LogP contribution in [-0.4, -0.2) is 34.3 Å². The van der Waals surface area contributed by atoms with Crippen LogP contribution < -0.4 is 4.90 Å². The minimum Gasteiger partial charge on any atom is -0.393 e. The number of aromatic amines is 1. The van der Waals surface area contributed by atoms with E-state index in [1.54, 1.807) is 6.20 Å². The molecule has 1 aliphatic rings. The van der Waals surface area contributed by atoms with Gasteiger partial charge in [-0.15, -0.1) is 0 Å². The first kappa shape index (κ1) is 7.61. The molecule has 0 atom stereocenters. The molecular weight excluding hydrogens is 154 g/mol. The molecule has 0 amide bonds. The zero-order chi connectivity index (χ0) is 8.39. The van der Waals surface area contributed by atoms with Crippen LogP contribution in [0.3, 0.4) is 0 Å². The lowest BCUT2D eigenvalue weighted by atomic mass is 10.1. The number of anilines is 1. The number of rotatable bonds is 1. The van der Waals surface area contributed by atoms with Crippen LogP contribution in [0.15, 0.2) is 12.4 Å². The lowest BCUT2D eigenvalue weighted by molar-refractivity contribution is 0.145. The van der Waals surface area contributed by atoms with Crippen molar-refractivity contribution in [3.8, 4) is 0 Å². The molecule has 0 saturated carbocycles. The fraction of sp³-hybridized carbons (Fsp3) is 0.625. The summed E-state index contributed by atoms with van der Waals surface area (Å²) in [6, 6.07) is 0. The van der Waals surface area contributed by atoms with Crippen LogP contribution in [-0.2, 0) is 0 Å². The third kappa shape index (κ3) is 1.43. The third-order valence-corrected chi connectivity index (χ3v) is 2.25. The van der Waals surface area contributed by atoms with E-state index in [0.29, 0.717) is 0 Å². The standard InChI is InChI=1S/C8H13N3O/c12-7-1-5-11(6-2-7)8-9-3-4-10-8/h3-4,7,12H,1-2,5-6H2,(H,9,10). The van der Waals surface area contributed by atoms with Crippen molar-refractivity contribution in [2.45, 2.75) is 18.9 Å². The first-order valence-corrected chi connectivity index (χ1v) is 4.28. The topological polar surface area (TPSA) is 52.1 Å². The Balaban J connectivity index is 1.99. The summed E-state index contributed by atoms with van der Waals surface area (Å²) < 4.78 is 0. The lowest BCUT2D eigenvalue weighted by Gasteiger charge is -2.28. The van der Waals surface area contributed by atoms with Crippen molar-refractivity contribution in [1.82, 2.24) is 9.97 Å². The first-order valence-electron chi connectivity index (χ1n) is 4.28. The molecule has 0 bridgehead atoms. The Morgan fingerprint density at radius 1 is 1.50 bits per heavy atom. The van der Waals surface area contributed by atoms with Gasteiger partial charge in [0, 0.05) is 25.5 Å². The normalized spacial score (nSPS) is 19.9. The molecule has 66 valence electrons. The summed E-state index contributed by atoms with van der Waals surface area (Å²) in [7, 11) is 0. The third-order valence-electron chi connectivity index (χ3n) is 2.25. The van der Waals surface area contributed by atoms with E-state index in [-0.39, 0.29) is 6.10 Å². The van der Waals surface area contributed by atoms with Gasteiger partial charge in [-0.05, 0) is 12.8 Å². The quantitative estimate of drug-likeness (QED) is 0.635. The summed E-state index contributed by atoms with van der Waals surface area (Å²) in [6.45, 7) is 1.80. The zero-order valence-corrected chi connectivity index (χ0v) is 6.90. The van der Waals surface area contributed by atoms with Crippen molar-refractivity contribution in [1.29, 1.82) is 0 Å². The summed E-state index contributed by atoms with van der Waals surface area (Å²) in [5, 5.41) is 9.27. The second-order valence-corrected chi connectivity index (χ2v) is 3.13. The number of nitrogens with one attached hydrogen (secondary N) is 1. The molecule has 12 heavy (non-hydrogen) atoms. The van der Waals surface area contributed by atoms with E-state index in [1.807, 2.05) is 6.20 Å². The molecule has 1 aliphatic heterocycles. The summed E-state index contributed by atoms with van der Waals surface area (Å²) >= 11 is 0. The van der Waals surface area contributed by atoms with E-state index in [2.05, 4.69) is 14.9 Å². The Bertz CT molecular complexity index is 226. The van der Waals surface area contributed by atoms with Crippen LogP contribution in [0.25, 0.3) is 0 Å². The Labute approximate surface area is 71.2 Å². The van der Waals surface area contributed by atoms with E-state index in [9.17, 15) is 5.11 Å². The van der Waals surface area contributed by atoms with E-state index in [4.69, 9.17) is 0 Å². The van der Waals surface area contributed by atoms with Gasteiger partial charge < -0.3 is 15.0 Å². The van der Waals surface area contributed by atoms with Crippen molar-refractivity contribution >= 4 is 5.95 Å². The van der Waals surface area contributed by atoms with Gasteiger partial charge in [0.1, 0.15) is 0 Å². The van der Waals surface area contributed by atoms with Gasteiger partial charge >= 0.3 is 0 Å². The van der Waals surface area contributed by atoms with Crippen molar-refractivity contribution < 1.29 is 5.11 Å². The molecule has 0 aromatic carbocycles. The maximum atomic E-state index is 9.27. The average Bonchev–Trinajstić information content (AvgIpc) is 2.58. The maximum Gasteiger partial charge on any atom is 0.202 e. The minimum atomic E-state index is -0.115. The Hall–Kier alpha value is -1.03. The Morgan fingerprint density at radius 3 is 2.83 bits per heavy atom. The Morgan fingerprint density at radius 2 is 2.25 bits per heavy atom. The van der Waals surface area contributed by atoms with Crippen molar-refractivity contribution in [2.24, 2.45) is 0 Å². The van der Waals surface area contributed by atoms with Gasteiger partial charge in [-0.2, -0.15) is 0 Å². The van der Waals surface area contributed by atoms with Crippen LogP contribution in [0, 0.1) is 0 Å². The Kier molecular flexibility index (Phi) is 1.99. The van der Waals surface area contributed by atoms with E-state index in [1.165, 1.54) is 0 Å². The van der Waals surface area contributed by atoms with Crippen LogP contribution in [0.1, 0.15) is 12.8 Å². The molecule has 1 fully saturated rings. The first-order chi connectivity index (χ1) is 5.86. The molecule has 1 saturated heterocycles. The van der Waals surface area contributed by atoms with Gasteiger partial charge in [-0.3, -0.25) is 0 Å². The number of aliphatic hydroxyl groups is 1. The highest BCUT2D eigenvalue weighted by Gasteiger charge is 2.17. The zero-order valence-electron chi connectivity index (χ0n) is 6.90. The molecule has 0 unspecified atom stereocenters. The number of aromatic nitrogens is 2. The highest BCUT2D eigenvalue weighted by Crippen LogP contribution is 2.14. The van der Waals surface area contributed by atoms with Crippen LogP contribution in [0.5, 0.6) is 0 Å². The molecule has 2 N–H and O–H groups in total. The molecule has 2 rings (SSSR count). The number of hydrogen-bond donors (Lipinski definition) is 2. The number of piperidine rings is 1. The molecule has 4 heteroatoms. The molecule has 1 aromatic heterocycles. The van der Waals surface area contributed by atoms with E-state index < -0.39 is 0 Å². The predicted molar refractivity (Wildman–Crippen MR) is 46.0 cm³/mol. The number of hydrogen-bond acceptors (Lipinski definition) is 3. The van der Waals surface area contributed by atoms with Crippen LogP contribution >= 0.6 is 0 Å². The van der Waals surface area contributed by atoms with Gasteiger partial charge in [0.15, 0.2) is 0 Å². The van der Waals surface area contributed by atoms with Gasteiger partial charge in [0.05, 0.1) is 6.10 Å². The fourth-order valence-corrected chi connectivity index (χ4v) is 1.51. The minimum absolute atomic E-state index is 0.115. The van der Waals surface area contributed by atoms with Gasteiger partial charge in [-0.25, -0.2) is 4.98 Å². The van der Waals surface area contributed by atoms with Crippen LogP contribution in [0.2, 0.25) is 0 Å². The van der Waals surface area contributed by atoms with Crippen LogP contribution in [0.4, 0.5) is 5.95 Å². The molecule has 0 spiro atoms. The van der Waals surface area contributed by atoms with Crippen molar-refractivity contribution in [2.75, 3.05) is 18.0 Å². The second-order valence-electron chi connectivity index (χ2n) is 3.13. The number of imidazole rings is 1. The molecule has 0 aliphatic carbocycles. The van der Waals surface area contributed by atoms with Crippen molar-refractivity contribution in [3.05, 3.63) is 12.4 Å². The monoisotopic (exact) mass is 167 g/mol. The highest BCUT2D eigenvalue weighted by molar-refractivity contribution is 5.29. The second kappa shape index (κ2) is 3.15. The predicted octanol–water partition coefficient (Wildman–Crippen LogP) is 0.371. The fourth-order valence-electron chi connectivity index (χ4n) is 1.51. The largest absolute Gasteiger partial charge is 0.393 e. The summed E-state index contributed by atoms with van der Waals surface area (Å²) in [6.07, 6.45) is 5.15. The SMILES string of the molecule is OC1CCN(c2ncc[nH]2)CC1. The molecule has 1 aromatic rings. The smallest absolute Gasteiger partial charge is 0.202 e. The summed E-state index contributed by atoms with van der Waals surface area (Å²) in [5.74, 6) is 0.918. The molecule has 2 heterocycles. The molecular formula is C8H13N3O. The van der Waals surface area contributed by atoms with Crippen molar-refractivity contribution in [3.63, 3.8) is 0 Å². The van der Waals surface area contributed by atoms with Gasteiger partial charge in [-0.1, -0.05) is 0 Å². The number of aliphatic hydroxyl groups excluding tert-OH is 1.